The van der Waals surface area contributed by atoms with Gasteiger partial charge >= 0.3 is 0 Å². The number of nitrogens with zero attached hydrogens (tertiary/aromatic N) is 2. The van der Waals surface area contributed by atoms with Crippen molar-refractivity contribution in [2.75, 3.05) is 18.0 Å². The van der Waals surface area contributed by atoms with E-state index in [4.69, 9.17) is 0 Å². The molecule has 0 radical (unpaired) electrons. The van der Waals surface area contributed by atoms with Gasteiger partial charge in [0, 0.05) is 31.4 Å². The molecule has 0 spiro atoms. The molecule has 1 aliphatic heterocycles. The highest BCUT2D eigenvalue weighted by Crippen LogP contribution is 2.23. The van der Waals surface area contributed by atoms with Crippen molar-refractivity contribution in [2.45, 2.75) is 46.7 Å². The summed E-state index contributed by atoms with van der Waals surface area (Å²) in [5.41, 5.74) is 2.46. The molecule has 2 rings (SSSR count). The van der Waals surface area contributed by atoms with E-state index in [9.17, 15) is 0 Å². The third-order valence-corrected chi connectivity index (χ3v) is 3.46. The van der Waals surface area contributed by atoms with Gasteiger partial charge in [0.2, 0.25) is 0 Å². The topological polar surface area (TPSA) is 28.2 Å². The van der Waals surface area contributed by atoms with Crippen molar-refractivity contribution < 1.29 is 0 Å². The zero-order valence-corrected chi connectivity index (χ0v) is 12.0. The summed E-state index contributed by atoms with van der Waals surface area (Å²) in [6, 6.07) is 4.94. The minimum atomic E-state index is 0.522. The molecular formula is C15H25N3. The van der Waals surface area contributed by atoms with Crippen molar-refractivity contribution in [1.29, 1.82) is 0 Å². The zero-order valence-electron chi connectivity index (χ0n) is 12.0. The molecule has 1 fully saturated rings. The van der Waals surface area contributed by atoms with Crippen LogP contribution in [0.5, 0.6) is 0 Å². The van der Waals surface area contributed by atoms with E-state index >= 15 is 0 Å². The normalized spacial score (nSPS) is 19.8. The number of anilines is 1. The maximum absolute atomic E-state index is 4.68. The molecule has 18 heavy (non-hydrogen) atoms. The number of rotatable bonds is 4. The maximum atomic E-state index is 4.68. The van der Waals surface area contributed by atoms with E-state index in [-0.39, 0.29) is 0 Å². The monoisotopic (exact) mass is 247 g/mol. The molecule has 1 saturated heterocycles. The highest BCUT2D eigenvalue weighted by Gasteiger charge is 2.20. The molecule has 100 valence electrons. The predicted octanol–water partition coefficient (Wildman–Crippen LogP) is 2.73. The molecule has 0 aliphatic carbocycles. The molecule has 1 atom stereocenters. The van der Waals surface area contributed by atoms with Crippen LogP contribution < -0.4 is 10.2 Å². The Morgan fingerprint density at radius 2 is 2.22 bits per heavy atom. The minimum Gasteiger partial charge on any atom is -0.356 e. The zero-order chi connectivity index (χ0) is 13.1. The van der Waals surface area contributed by atoms with Crippen molar-refractivity contribution in [3.63, 3.8) is 0 Å². The SMILES string of the molecule is Cc1cc(CNC(C)C)cc(N2CCC(C)C2)n1. The molecule has 3 heteroatoms. The van der Waals surface area contributed by atoms with Crippen molar-refractivity contribution in [2.24, 2.45) is 5.92 Å². The van der Waals surface area contributed by atoms with Crippen LogP contribution in [-0.2, 0) is 6.54 Å². The maximum Gasteiger partial charge on any atom is 0.129 e. The third-order valence-electron chi connectivity index (χ3n) is 3.46. The average Bonchev–Trinajstić information content (AvgIpc) is 2.72. The lowest BCUT2D eigenvalue weighted by molar-refractivity contribution is 0.588. The highest BCUT2D eigenvalue weighted by atomic mass is 15.2. The summed E-state index contributed by atoms with van der Waals surface area (Å²) in [6.07, 6.45) is 1.29. The van der Waals surface area contributed by atoms with Gasteiger partial charge in [-0.3, -0.25) is 0 Å². The highest BCUT2D eigenvalue weighted by molar-refractivity contribution is 5.43. The Morgan fingerprint density at radius 1 is 1.44 bits per heavy atom. The summed E-state index contributed by atoms with van der Waals surface area (Å²) in [5, 5.41) is 3.47. The molecular weight excluding hydrogens is 222 g/mol. The van der Waals surface area contributed by atoms with Gasteiger partial charge < -0.3 is 10.2 Å². The third kappa shape index (κ3) is 3.45. The van der Waals surface area contributed by atoms with E-state index < -0.39 is 0 Å². The second kappa shape index (κ2) is 5.70. The minimum absolute atomic E-state index is 0.522. The first-order valence-electron chi connectivity index (χ1n) is 7.00. The molecule has 1 N–H and O–H groups in total. The van der Waals surface area contributed by atoms with Crippen LogP contribution in [0.3, 0.4) is 0 Å². The lowest BCUT2D eigenvalue weighted by atomic mass is 10.2. The summed E-state index contributed by atoms with van der Waals surface area (Å²) in [6.45, 7) is 12.0. The van der Waals surface area contributed by atoms with Crippen molar-refractivity contribution in [1.82, 2.24) is 10.3 Å². The van der Waals surface area contributed by atoms with E-state index in [1.54, 1.807) is 0 Å². The Morgan fingerprint density at radius 3 is 2.83 bits per heavy atom. The lowest BCUT2D eigenvalue weighted by Gasteiger charge is -2.19. The molecule has 0 bridgehead atoms. The molecule has 0 amide bonds. The van der Waals surface area contributed by atoms with Gasteiger partial charge in [-0.2, -0.15) is 0 Å². The van der Waals surface area contributed by atoms with Crippen molar-refractivity contribution in [3.8, 4) is 0 Å². The van der Waals surface area contributed by atoms with Gasteiger partial charge in [-0.25, -0.2) is 4.98 Å². The number of pyridine rings is 1. The van der Waals surface area contributed by atoms with Crippen LogP contribution >= 0.6 is 0 Å². The van der Waals surface area contributed by atoms with Gasteiger partial charge in [0.1, 0.15) is 5.82 Å². The van der Waals surface area contributed by atoms with Crippen LogP contribution in [0.1, 0.15) is 38.4 Å². The lowest BCUT2D eigenvalue weighted by Crippen LogP contribution is -2.23. The average molecular weight is 247 g/mol. The summed E-state index contributed by atoms with van der Waals surface area (Å²) >= 11 is 0. The fourth-order valence-corrected chi connectivity index (χ4v) is 2.45. The summed E-state index contributed by atoms with van der Waals surface area (Å²) in [4.78, 5) is 7.09. The van der Waals surface area contributed by atoms with Crippen molar-refractivity contribution in [3.05, 3.63) is 23.4 Å². The van der Waals surface area contributed by atoms with Gasteiger partial charge in [-0.05, 0) is 37.0 Å². The van der Waals surface area contributed by atoms with Crippen LogP contribution in [0.15, 0.2) is 12.1 Å². The van der Waals surface area contributed by atoms with Gasteiger partial charge in [0.25, 0.3) is 0 Å². The summed E-state index contributed by atoms with van der Waals surface area (Å²) in [5.74, 6) is 1.95. The first-order chi connectivity index (χ1) is 8.54. The molecule has 2 heterocycles. The molecule has 1 aromatic rings. The quantitative estimate of drug-likeness (QED) is 0.886. The molecule has 0 aromatic carbocycles. The first-order valence-corrected chi connectivity index (χ1v) is 7.00. The van der Waals surface area contributed by atoms with Crippen molar-refractivity contribution >= 4 is 5.82 Å². The molecule has 1 aliphatic rings. The molecule has 3 nitrogen and oxygen atoms in total. The Bertz CT molecular complexity index is 401. The first kappa shape index (κ1) is 13.3. The Kier molecular flexibility index (Phi) is 4.23. The fraction of sp³-hybridized carbons (Fsp3) is 0.667. The van der Waals surface area contributed by atoms with Crippen LogP contribution in [0.25, 0.3) is 0 Å². The number of nitrogens with one attached hydrogen (secondary N) is 1. The Hall–Kier alpha value is -1.09. The number of hydrogen-bond acceptors (Lipinski definition) is 3. The van der Waals surface area contributed by atoms with Crippen LogP contribution in [-0.4, -0.2) is 24.1 Å². The van der Waals surface area contributed by atoms with Gasteiger partial charge in [0.15, 0.2) is 0 Å². The molecule has 0 saturated carbocycles. The van der Waals surface area contributed by atoms with E-state index in [0.717, 1.165) is 37.1 Å². The van der Waals surface area contributed by atoms with Crippen LogP contribution in [0, 0.1) is 12.8 Å². The molecule has 1 unspecified atom stereocenters. The van der Waals surface area contributed by atoms with E-state index in [2.05, 4.69) is 55.0 Å². The largest absolute Gasteiger partial charge is 0.356 e. The van der Waals surface area contributed by atoms with Gasteiger partial charge in [0.05, 0.1) is 0 Å². The number of hydrogen-bond donors (Lipinski definition) is 1. The predicted molar refractivity (Wildman–Crippen MR) is 76.9 cm³/mol. The molecule has 1 aromatic heterocycles. The fourth-order valence-electron chi connectivity index (χ4n) is 2.45. The summed E-state index contributed by atoms with van der Waals surface area (Å²) in [7, 11) is 0. The van der Waals surface area contributed by atoms with Gasteiger partial charge in [-0.15, -0.1) is 0 Å². The standard InChI is InChI=1S/C15H25N3/c1-11(2)16-9-14-7-13(4)17-15(8-14)18-6-5-12(3)10-18/h7-8,11-12,16H,5-6,9-10H2,1-4H3. The van der Waals surface area contributed by atoms with E-state index in [1.165, 1.54) is 12.0 Å². The number of aryl methyl sites for hydroxylation is 1. The number of aromatic nitrogens is 1. The van der Waals surface area contributed by atoms with E-state index in [0.29, 0.717) is 6.04 Å². The second-order valence-electron chi connectivity index (χ2n) is 5.85. The summed E-state index contributed by atoms with van der Waals surface area (Å²) < 4.78 is 0. The Balaban J connectivity index is 2.11. The van der Waals surface area contributed by atoms with Gasteiger partial charge in [-0.1, -0.05) is 20.8 Å². The second-order valence-corrected chi connectivity index (χ2v) is 5.85. The van der Waals surface area contributed by atoms with Crippen LogP contribution in [0.4, 0.5) is 5.82 Å². The van der Waals surface area contributed by atoms with E-state index in [1.807, 2.05) is 0 Å². The van der Waals surface area contributed by atoms with Crippen LogP contribution in [0.2, 0.25) is 0 Å². The Labute approximate surface area is 111 Å². The smallest absolute Gasteiger partial charge is 0.129 e.